The molecule has 1 aliphatic rings. The predicted octanol–water partition coefficient (Wildman–Crippen LogP) is -0.795. The van der Waals surface area contributed by atoms with Gasteiger partial charge < -0.3 is 40.5 Å². The van der Waals surface area contributed by atoms with Crippen LogP contribution >= 0.6 is 23.5 Å². The van der Waals surface area contributed by atoms with Gasteiger partial charge in [0.15, 0.2) is 24.0 Å². The van der Waals surface area contributed by atoms with E-state index in [0.717, 1.165) is 0 Å². The van der Waals surface area contributed by atoms with Crippen LogP contribution in [0.25, 0.3) is 11.2 Å². The van der Waals surface area contributed by atoms with Crippen LogP contribution in [-0.4, -0.2) is 58.6 Å². The van der Waals surface area contributed by atoms with Gasteiger partial charge in [-0.25, -0.2) is 18.7 Å². The van der Waals surface area contributed by atoms with E-state index in [0.29, 0.717) is 0 Å². The third-order valence-electron chi connectivity index (χ3n) is 3.30. The number of hydrogen-bond acceptors (Lipinski definition) is 13. The molecule has 8 N–H and O–H groups in total. The van der Waals surface area contributed by atoms with E-state index in [1.807, 2.05) is 0 Å². The third-order valence-corrected chi connectivity index (χ3v) is 7.10. The first-order valence-electron chi connectivity index (χ1n) is 7.56. The largest absolute Gasteiger partial charge is 0.490 e. The van der Waals surface area contributed by atoms with Crippen molar-refractivity contribution in [1.29, 1.82) is 0 Å². The molecule has 30 heavy (non-hydrogen) atoms. The second kappa shape index (κ2) is 8.20. The number of anilines is 2. The highest BCUT2D eigenvalue weighted by Gasteiger charge is 2.41. The summed E-state index contributed by atoms with van der Waals surface area (Å²) in [7, 11) is -16.4. The molecule has 0 radical (unpaired) electrons. The summed E-state index contributed by atoms with van der Waals surface area (Å²) in [5.74, 6) is -0.0655. The minimum Gasteiger partial charge on any atom is -0.382 e. The Kier molecular flexibility index (Phi) is 6.33. The van der Waals surface area contributed by atoms with Gasteiger partial charge >= 0.3 is 23.5 Å². The van der Waals surface area contributed by atoms with Crippen molar-refractivity contribution in [3.63, 3.8) is 0 Å². The molecule has 0 aromatic carbocycles. The maximum Gasteiger partial charge on any atom is 0.490 e. The zero-order valence-corrected chi connectivity index (χ0v) is 17.2. The van der Waals surface area contributed by atoms with Crippen LogP contribution < -0.4 is 11.5 Å². The van der Waals surface area contributed by atoms with Gasteiger partial charge in [0.05, 0.1) is 12.9 Å². The van der Waals surface area contributed by atoms with E-state index in [1.54, 1.807) is 0 Å². The van der Waals surface area contributed by atoms with E-state index in [9.17, 15) is 18.6 Å². The highest BCUT2D eigenvalue weighted by Crippen LogP contribution is 2.66. The molecule has 0 amide bonds. The Balaban J connectivity index is 1.61. The number of fused-ring (bicyclic) bond motifs is 1. The summed E-state index contributed by atoms with van der Waals surface area (Å²) in [5.41, 5.74) is 11.8. The highest BCUT2D eigenvalue weighted by molar-refractivity contribution is 7.66. The van der Waals surface area contributed by atoms with Crippen molar-refractivity contribution in [3.05, 3.63) is 6.33 Å². The molecule has 0 saturated carbocycles. The SMILES string of the molecule is Nc1nc(N)c2ncn(C3COC(COP(=O)(O)OP(=O)(O)OP(=O)(O)O)O3)c2n1. The normalized spacial score (nSPS) is 24.0. The number of phosphoric ester groups is 1. The van der Waals surface area contributed by atoms with Gasteiger partial charge in [-0.15, -0.1) is 0 Å². The van der Waals surface area contributed by atoms with Gasteiger partial charge in [-0.3, -0.25) is 9.09 Å². The number of rotatable bonds is 8. The Bertz CT molecular complexity index is 1090. The van der Waals surface area contributed by atoms with Crippen molar-refractivity contribution in [2.75, 3.05) is 24.7 Å². The van der Waals surface area contributed by atoms with Gasteiger partial charge in [-0.2, -0.15) is 18.6 Å². The fourth-order valence-corrected chi connectivity index (χ4v) is 5.31. The predicted molar refractivity (Wildman–Crippen MR) is 93.8 cm³/mol. The Morgan fingerprint density at radius 3 is 2.50 bits per heavy atom. The van der Waals surface area contributed by atoms with Gasteiger partial charge in [0.25, 0.3) is 0 Å². The standard InChI is InChI=1S/C9H15N6O12P3/c10-7-6-8(14-9(11)13-7)15(3-12-6)4-1-23-5(25-4)2-24-29(19,20)27-30(21,22)26-28(16,17)18/h3-5H,1-2H2,(H,19,20)(H,21,22)(H2,16,17,18)(H4,10,11,13,14). The Labute approximate surface area is 166 Å². The second-order valence-electron chi connectivity index (χ2n) is 5.53. The summed E-state index contributed by atoms with van der Waals surface area (Å²) in [5, 5.41) is 0. The number of nitrogens with two attached hydrogens (primary N) is 2. The van der Waals surface area contributed by atoms with Crippen molar-refractivity contribution in [2.45, 2.75) is 12.5 Å². The quantitative estimate of drug-likeness (QED) is 0.246. The van der Waals surface area contributed by atoms with Crippen molar-refractivity contribution in [2.24, 2.45) is 0 Å². The first-order chi connectivity index (χ1) is 13.7. The summed E-state index contributed by atoms with van der Waals surface area (Å²) in [6.45, 7) is -0.855. The lowest BCUT2D eigenvalue weighted by Gasteiger charge is -2.17. The number of nitrogen functional groups attached to an aromatic ring is 2. The monoisotopic (exact) mass is 492 g/mol. The van der Waals surface area contributed by atoms with E-state index < -0.39 is 42.6 Å². The molecule has 3 rings (SSSR count). The number of nitrogens with zero attached hydrogens (tertiary/aromatic N) is 4. The van der Waals surface area contributed by atoms with Crippen LogP contribution in [-0.2, 0) is 36.3 Å². The molecular weight excluding hydrogens is 477 g/mol. The van der Waals surface area contributed by atoms with Gasteiger partial charge in [-0.05, 0) is 0 Å². The van der Waals surface area contributed by atoms with Gasteiger partial charge in [0, 0.05) is 0 Å². The maximum absolute atomic E-state index is 11.7. The van der Waals surface area contributed by atoms with Crippen LogP contribution in [0.5, 0.6) is 0 Å². The van der Waals surface area contributed by atoms with Crippen molar-refractivity contribution >= 4 is 46.4 Å². The third kappa shape index (κ3) is 5.79. The molecule has 0 bridgehead atoms. The fourth-order valence-electron chi connectivity index (χ4n) is 2.30. The number of phosphoric acid groups is 3. The topological polar surface area (TPSA) is 274 Å². The molecule has 18 nitrogen and oxygen atoms in total. The molecule has 21 heteroatoms. The highest BCUT2D eigenvalue weighted by atomic mass is 31.3. The summed E-state index contributed by atoms with van der Waals surface area (Å²) in [6.07, 6.45) is -0.736. The zero-order chi connectivity index (χ0) is 22.3. The van der Waals surface area contributed by atoms with Crippen molar-refractivity contribution in [1.82, 2.24) is 19.5 Å². The molecule has 1 fully saturated rings. The summed E-state index contributed by atoms with van der Waals surface area (Å²) < 4.78 is 57.3. The average molecular weight is 492 g/mol. The number of imidazole rings is 1. The molecule has 0 spiro atoms. The molecule has 1 saturated heterocycles. The van der Waals surface area contributed by atoms with Crippen molar-refractivity contribution < 1.29 is 55.9 Å². The maximum atomic E-state index is 11.7. The number of hydrogen-bond donors (Lipinski definition) is 6. The molecule has 2 aromatic heterocycles. The fraction of sp³-hybridized carbons (Fsp3) is 0.444. The lowest BCUT2D eigenvalue weighted by molar-refractivity contribution is -0.0961. The minimum absolute atomic E-state index is 0.0411. The summed E-state index contributed by atoms with van der Waals surface area (Å²) >= 11 is 0. The van der Waals surface area contributed by atoms with E-state index >= 15 is 0 Å². The van der Waals surface area contributed by atoms with Gasteiger partial charge in [0.1, 0.15) is 12.1 Å². The minimum atomic E-state index is -5.62. The number of aromatic nitrogens is 4. The van der Waals surface area contributed by atoms with E-state index in [1.165, 1.54) is 10.9 Å². The van der Waals surface area contributed by atoms with E-state index in [4.69, 9.17) is 35.6 Å². The first kappa shape index (κ1) is 23.1. The van der Waals surface area contributed by atoms with Crippen LogP contribution in [0.15, 0.2) is 6.33 Å². The van der Waals surface area contributed by atoms with Crippen molar-refractivity contribution in [3.8, 4) is 0 Å². The van der Waals surface area contributed by atoms with Crippen LogP contribution in [0.3, 0.4) is 0 Å². The van der Waals surface area contributed by atoms with Crippen LogP contribution in [0.2, 0.25) is 0 Å². The summed E-state index contributed by atoms with van der Waals surface area (Å²) in [4.78, 5) is 47.3. The van der Waals surface area contributed by atoms with Gasteiger partial charge in [0.2, 0.25) is 5.95 Å². The average Bonchev–Trinajstić information content (AvgIpc) is 3.15. The molecule has 0 aliphatic carbocycles. The molecule has 168 valence electrons. The second-order valence-corrected chi connectivity index (χ2v) is 9.95. The molecular formula is C9H15N6O12P3. The Hall–Kier alpha value is -1.52. The molecule has 4 unspecified atom stereocenters. The smallest absolute Gasteiger partial charge is 0.382 e. The Morgan fingerprint density at radius 1 is 1.13 bits per heavy atom. The van der Waals surface area contributed by atoms with E-state index in [-0.39, 0.29) is 29.5 Å². The lowest BCUT2D eigenvalue weighted by Crippen LogP contribution is -2.17. The number of ether oxygens (including phenoxy) is 2. The molecule has 1 aliphatic heterocycles. The van der Waals surface area contributed by atoms with Crippen LogP contribution in [0, 0.1) is 0 Å². The van der Waals surface area contributed by atoms with Crippen LogP contribution in [0.1, 0.15) is 6.23 Å². The first-order valence-corrected chi connectivity index (χ1v) is 12.1. The van der Waals surface area contributed by atoms with Crippen LogP contribution in [0.4, 0.5) is 11.8 Å². The summed E-state index contributed by atoms with van der Waals surface area (Å²) in [6, 6.07) is 0. The lowest BCUT2D eigenvalue weighted by atomic mass is 10.5. The Morgan fingerprint density at radius 2 is 1.83 bits per heavy atom. The molecule has 4 atom stereocenters. The zero-order valence-electron chi connectivity index (χ0n) is 14.5. The van der Waals surface area contributed by atoms with E-state index in [2.05, 4.69) is 28.1 Å². The molecule has 2 aromatic rings. The molecule has 3 heterocycles. The van der Waals surface area contributed by atoms with Gasteiger partial charge in [-0.1, -0.05) is 0 Å².